The van der Waals surface area contributed by atoms with Gasteiger partial charge in [-0.3, -0.25) is 4.79 Å². The molecule has 0 saturated carbocycles. The summed E-state index contributed by atoms with van der Waals surface area (Å²) in [6.45, 7) is 0. The van der Waals surface area contributed by atoms with Crippen molar-refractivity contribution in [2.45, 2.75) is 4.90 Å². The van der Waals surface area contributed by atoms with Crippen molar-refractivity contribution in [3.63, 3.8) is 0 Å². The van der Waals surface area contributed by atoms with Crippen molar-refractivity contribution in [1.82, 2.24) is 0 Å². The minimum atomic E-state index is -3.48. The van der Waals surface area contributed by atoms with E-state index in [2.05, 4.69) is 21.2 Å². The molecule has 0 aliphatic rings. The van der Waals surface area contributed by atoms with Gasteiger partial charge in [0.05, 0.1) is 21.2 Å². The van der Waals surface area contributed by atoms with Crippen LogP contribution in [0.3, 0.4) is 0 Å². The quantitative estimate of drug-likeness (QED) is 0.841. The Morgan fingerprint density at radius 1 is 1.23 bits per heavy atom. The Bertz CT molecular complexity index is 855. The summed E-state index contributed by atoms with van der Waals surface area (Å²) >= 11 is 9.03. The van der Waals surface area contributed by atoms with E-state index in [4.69, 9.17) is 11.6 Å². The van der Waals surface area contributed by atoms with Crippen LogP contribution < -0.4 is 5.32 Å². The number of rotatable bonds is 3. The number of anilines is 1. The lowest BCUT2D eigenvalue weighted by atomic mass is 10.2. The predicted octanol–water partition coefficient (Wildman–Crippen LogP) is 3.90. The fraction of sp³-hybridized carbons (Fsp3) is 0.0714. The van der Waals surface area contributed by atoms with Crippen molar-refractivity contribution in [3.05, 3.63) is 57.3 Å². The summed E-state index contributed by atoms with van der Waals surface area (Å²) in [6.07, 6.45) is 1.02. The standard InChI is InChI=1S/C14H10BrClFNO3S/c1-22(20,21)9-3-4-11(16)10(7-9)14(19)18-13-5-2-8(15)6-12(13)17/h2-7H,1H3,(H,18,19). The van der Waals surface area contributed by atoms with Gasteiger partial charge in [-0.2, -0.15) is 0 Å². The number of hydrogen-bond donors (Lipinski definition) is 1. The molecule has 0 radical (unpaired) electrons. The zero-order valence-corrected chi connectivity index (χ0v) is 14.4. The topological polar surface area (TPSA) is 63.2 Å². The Kier molecular flexibility index (Phi) is 4.89. The van der Waals surface area contributed by atoms with Crippen molar-refractivity contribution in [1.29, 1.82) is 0 Å². The van der Waals surface area contributed by atoms with Gasteiger partial charge in [0.2, 0.25) is 0 Å². The van der Waals surface area contributed by atoms with Crippen molar-refractivity contribution >= 4 is 49.0 Å². The van der Waals surface area contributed by atoms with Crippen LogP contribution in [0.2, 0.25) is 5.02 Å². The van der Waals surface area contributed by atoms with Crippen LogP contribution in [0.5, 0.6) is 0 Å². The number of carbonyl (C=O) groups excluding carboxylic acids is 1. The Morgan fingerprint density at radius 2 is 1.91 bits per heavy atom. The van der Waals surface area contributed by atoms with Crippen molar-refractivity contribution < 1.29 is 17.6 Å². The van der Waals surface area contributed by atoms with Crippen LogP contribution in [0.15, 0.2) is 45.8 Å². The largest absolute Gasteiger partial charge is 0.319 e. The third-order valence-electron chi connectivity index (χ3n) is 2.79. The zero-order chi connectivity index (χ0) is 16.5. The molecule has 0 heterocycles. The van der Waals surface area contributed by atoms with Gasteiger partial charge in [-0.1, -0.05) is 27.5 Å². The number of amides is 1. The summed E-state index contributed by atoms with van der Waals surface area (Å²) in [7, 11) is -3.48. The van der Waals surface area contributed by atoms with Crippen LogP contribution in [0.1, 0.15) is 10.4 Å². The summed E-state index contributed by atoms with van der Waals surface area (Å²) in [4.78, 5) is 12.1. The highest BCUT2D eigenvalue weighted by Gasteiger charge is 2.16. The maximum Gasteiger partial charge on any atom is 0.257 e. The number of benzene rings is 2. The van der Waals surface area contributed by atoms with Gasteiger partial charge in [0, 0.05) is 10.7 Å². The molecule has 0 unspecified atom stereocenters. The number of halogens is 3. The van der Waals surface area contributed by atoms with Gasteiger partial charge in [-0.05, 0) is 36.4 Å². The van der Waals surface area contributed by atoms with Crippen molar-refractivity contribution in [2.75, 3.05) is 11.6 Å². The Balaban J connectivity index is 2.37. The summed E-state index contributed by atoms with van der Waals surface area (Å²) < 4.78 is 37.3. The molecule has 2 aromatic rings. The first-order valence-corrected chi connectivity index (χ1v) is 9.01. The van der Waals surface area contributed by atoms with Gasteiger partial charge in [0.1, 0.15) is 5.82 Å². The lowest BCUT2D eigenvalue weighted by Gasteiger charge is -2.09. The molecule has 0 fully saturated rings. The monoisotopic (exact) mass is 405 g/mol. The predicted molar refractivity (Wildman–Crippen MR) is 86.6 cm³/mol. The van der Waals surface area contributed by atoms with Crippen LogP contribution in [-0.2, 0) is 9.84 Å². The molecule has 22 heavy (non-hydrogen) atoms. The van der Waals surface area contributed by atoms with Gasteiger partial charge >= 0.3 is 0 Å². The average Bonchev–Trinajstić information content (AvgIpc) is 2.41. The Labute approximate surface area is 140 Å². The Hall–Kier alpha value is -1.44. The minimum Gasteiger partial charge on any atom is -0.319 e. The van der Waals surface area contributed by atoms with Crippen molar-refractivity contribution in [2.24, 2.45) is 0 Å². The molecule has 0 atom stereocenters. The lowest BCUT2D eigenvalue weighted by Crippen LogP contribution is -2.14. The molecule has 116 valence electrons. The maximum absolute atomic E-state index is 13.7. The smallest absolute Gasteiger partial charge is 0.257 e. The van der Waals surface area contributed by atoms with E-state index in [1.165, 1.54) is 24.3 Å². The summed E-state index contributed by atoms with van der Waals surface area (Å²) in [6, 6.07) is 7.91. The molecule has 2 aromatic carbocycles. The van der Waals surface area contributed by atoms with Gasteiger partial charge in [0.25, 0.3) is 5.91 Å². The number of sulfone groups is 1. The second-order valence-corrected chi connectivity index (χ2v) is 7.83. The van der Waals surface area contributed by atoms with Gasteiger partial charge in [-0.25, -0.2) is 12.8 Å². The van der Waals surface area contributed by atoms with E-state index >= 15 is 0 Å². The minimum absolute atomic E-state index is 0.0333. The van der Waals surface area contributed by atoms with E-state index in [0.717, 1.165) is 12.3 Å². The van der Waals surface area contributed by atoms with Crippen LogP contribution in [0.25, 0.3) is 0 Å². The van der Waals surface area contributed by atoms with E-state index in [1.807, 2.05) is 0 Å². The highest BCUT2D eigenvalue weighted by atomic mass is 79.9. The number of nitrogens with one attached hydrogen (secondary N) is 1. The molecule has 8 heteroatoms. The third kappa shape index (κ3) is 3.85. The maximum atomic E-state index is 13.7. The summed E-state index contributed by atoms with van der Waals surface area (Å²) in [5.74, 6) is -1.32. The molecule has 0 aliphatic carbocycles. The SMILES string of the molecule is CS(=O)(=O)c1ccc(Cl)c(C(=O)Nc2ccc(Br)cc2F)c1. The fourth-order valence-corrected chi connectivity index (χ4v) is 2.87. The van der Waals surface area contributed by atoms with Crippen LogP contribution in [-0.4, -0.2) is 20.6 Å². The molecular weight excluding hydrogens is 397 g/mol. The molecule has 0 aromatic heterocycles. The van der Waals surface area contributed by atoms with E-state index < -0.39 is 21.6 Å². The summed E-state index contributed by atoms with van der Waals surface area (Å²) in [5.41, 5.74) is -0.0825. The average molecular weight is 407 g/mol. The molecule has 4 nitrogen and oxygen atoms in total. The second-order valence-electron chi connectivity index (χ2n) is 4.49. The highest BCUT2D eigenvalue weighted by Crippen LogP contribution is 2.24. The van der Waals surface area contributed by atoms with Gasteiger partial charge < -0.3 is 5.32 Å². The number of carbonyl (C=O) groups is 1. The normalized spacial score (nSPS) is 11.3. The molecule has 0 aliphatic heterocycles. The van der Waals surface area contributed by atoms with Crippen LogP contribution in [0.4, 0.5) is 10.1 Å². The molecule has 1 amide bonds. The van der Waals surface area contributed by atoms with E-state index in [9.17, 15) is 17.6 Å². The first kappa shape index (κ1) is 16.9. The third-order valence-corrected chi connectivity index (χ3v) is 4.72. The lowest BCUT2D eigenvalue weighted by molar-refractivity contribution is 0.102. The molecule has 0 saturated heterocycles. The van der Waals surface area contributed by atoms with Crippen LogP contribution in [0, 0.1) is 5.82 Å². The van der Waals surface area contributed by atoms with E-state index in [1.54, 1.807) is 6.07 Å². The fourth-order valence-electron chi connectivity index (χ4n) is 1.69. The molecule has 2 rings (SSSR count). The summed E-state index contributed by atoms with van der Waals surface area (Å²) in [5, 5.41) is 2.43. The first-order chi connectivity index (χ1) is 10.2. The van der Waals surface area contributed by atoms with Crippen LogP contribution >= 0.6 is 27.5 Å². The molecule has 1 N–H and O–H groups in total. The van der Waals surface area contributed by atoms with E-state index in [0.29, 0.717) is 4.47 Å². The number of hydrogen-bond acceptors (Lipinski definition) is 3. The van der Waals surface area contributed by atoms with Gasteiger partial charge in [-0.15, -0.1) is 0 Å². The second kappa shape index (κ2) is 6.36. The first-order valence-electron chi connectivity index (χ1n) is 5.94. The van der Waals surface area contributed by atoms with Crippen molar-refractivity contribution in [3.8, 4) is 0 Å². The molecular formula is C14H10BrClFNO3S. The highest BCUT2D eigenvalue weighted by molar-refractivity contribution is 9.10. The molecule has 0 spiro atoms. The van der Waals surface area contributed by atoms with Gasteiger partial charge in [0.15, 0.2) is 9.84 Å². The Morgan fingerprint density at radius 3 is 2.50 bits per heavy atom. The molecule has 0 bridgehead atoms. The van der Waals surface area contributed by atoms with E-state index in [-0.39, 0.29) is 21.2 Å². The zero-order valence-electron chi connectivity index (χ0n) is 11.2.